The molecule has 21 heavy (non-hydrogen) atoms. The minimum Gasteiger partial charge on any atom is -0.344 e. The van der Waals surface area contributed by atoms with E-state index in [4.69, 9.17) is 5.84 Å². The fourth-order valence-corrected chi connectivity index (χ4v) is 2.92. The molecule has 7 heteroatoms. The van der Waals surface area contributed by atoms with E-state index >= 15 is 0 Å². The molecule has 5 nitrogen and oxygen atoms in total. The van der Waals surface area contributed by atoms with Crippen molar-refractivity contribution in [2.75, 3.05) is 5.43 Å². The monoisotopic (exact) mass is 308 g/mol. The van der Waals surface area contributed by atoms with E-state index in [1.807, 2.05) is 31.4 Å². The lowest BCUT2D eigenvalue weighted by atomic mass is 10.0. The maximum Gasteiger partial charge on any atom is 0.254 e. The van der Waals surface area contributed by atoms with Crippen LogP contribution in [0.25, 0.3) is 0 Å². The highest BCUT2D eigenvalue weighted by Crippen LogP contribution is 2.26. The number of pyridine rings is 1. The van der Waals surface area contributed by atoms with Crippen LogP contribution in [-0.4, -0.2) is 10.9 Å². The highest BCUT2D eigenvalue weighted by atomic mass is 32.1. The minimum absolute atomic E-state index is 0.0832. The molecule has 1 amide bonds. The van der Waals surface area contributed by atoms with E-state index in [1.54, 1.807) is 11.3 Å². The second-order valence-corrected chi connectivity index (χ2v) is 5.86. The molecule has 2 rings (SSSR count). The number of nitrogens with two attached hydrogens (primary N) is 1. The topological polar surface area (TPSA) is 80.0 Å². The molecule has 4 N–H and O–H groups in total. The highest BCUT2D eigenvalue weighted by molar-refractivity contribution is 7.10. The van der Waals surface area contributed by atoms with Gasteiger partial charge in [0.2, 0.25) is 0 Å². The summed E-state index contributed by atoms with van der Waals surface area (Å²) in [4.78, 5) is 17.0. The van der Waals surface area contributed by atoms with E-state index in [0.29, 0.717) is 0 Å². The Labute approximate surface area is 126 Å². The Morgan fingerprint density at radius 2 is 2.19 bits per heavy atom. The van der Waals surface area contributed by atoms with Gasteiger partial charge in [-0.05, 0) is 23.4 Å². The Bertz CT molecular complexity index is 615. The maximum atomic E-state index is 14.1. The number of aromatic nitrogens is 1. The van der Waals surface area contributed by atoms with Gasteiger partial charge in [-0.2, -0.15) is 0 Å². The first-order chi connectivity index (χ1) is 10.0. The molecule has 0 saturated heterocycles. The molecule has 112 valence electrons. The summed E-state index contributed by atoms with van der Waals surface area (Å²) in [5.74, 6) is 3.95. The van der Waals surface area contributed by atoms with Crippen molar-refractivity contribution in [1.29, 1.82) is 0 Å². The Kier molecular flexibility index (Phi) is 4.87. The average Bonchev–Trinajstić information content (AvgIpc) is 2.98. The average molecular weight is 308 g/mol. The van der Waals surface area contributed by atoms with E-state index in [-0.39, 0.29) is 23.3 Å². The number of carbonyl (C=O) groups is 1. The standard InChI is InChI=1S/C14H17FN4OS/c1-8(2)12(10-4-3-7-21-10)18-14(20)9-5-6-17-13(19-16)11(9)15/h3-8,12H,16H2,1-2H3,(H,17,19)(H,18,20). The summed E-state index contributed by atoms with van der Waals surface area (Å²) in [6.07, 6.45) is 1.34. The normalized spacial score (nSPS) is 12.2. The second kappa shape index (κ2) is 6.64. The Morgan fingerprint density at radius 3 is 2.76 bits per heavy atom. The molecule has 0 spiro atoms. The van der Waals surface area contributed by atoms with Crippen LogP contribution in [0, 0.1) is 11.7 Å². The number of nitrogens with one attached hydrogen (secondary N) is 2. The zero-order valence-electron chi connectivity index (χ0n) is 11.8. The van der Waals surface area contributed by atoms with Crippen molar-refractivity contribution in [3.05, 3.63) is 46.0 Å². The molecule has 0 fully saturated rings. The number of nitrogen functional groups attached to an aromatic ring is 1. The molecule has 0 bridgehead atoms. The Hall–Kier alpha value is -1.99. The van der Waals surface area contributed by atoms with E-state index in [0.717, 1.165) is 4.88 Å². The van der Waals surface area contributed by atoms with Gasteiger partial charge in [0, 0.05) is 11.1 Å². The first-order valence-corrected chi connectivity index (χ1v) is 7.38. The first-order valence-electron chi connectivity index (χ1n) is 6.50. The molecule has 2 aromatic rings. The number of carbonyl (C=O) groups excluding carboxylic acids is 1. The lowest BCUT2D eigenvalue weighted by Crippen LogP contribution is -2.32. The number of thiophene rings is 1. The number of amides is 1. The van der Waals surface area contributed by atoms with Crippen molar-refractivity contribution in [2.24, 2.45) is 11.8 Å². The van der Waals surface area contributed by atoms with Crippen molar-refractivity contribution in [2.45, 2.75) is 19.9 Å². The fraction of sp³-hybridized carbons (Fsp3) is 0.286. The number of anilines is 1. The molecule has 0 aromatic carbocycles. The second-order valence-electron chi connectivity index (χ2n) is 4.88. The molecule has 0 aliphatic heterocycles. The third-order valence-corrected chi connectivity index (χ3v) is 4.03. The van der Waals surface area contributed by atoms with Gasteiger partial charge in [0.05, 0.1) is 11.6 Å². The predicted molar refractivity (Wildman–Crippen MR) is 81.4 cm³/mol. The predicted octanol–water partition coefficient (Wildman–Crippen LogP) is 2.69. The number of hydrogen-bond donors (Lipinski definition) is 3. The summed E-state index contributed by atoms with van der Waals surface area (Å²) in [5, 5.41) is 4.81. The molecule has 1 atom stereocenters. The van der Waals surface area contributed by atoms with Gasteiger partial charge in [0.15, 0.2) is 11.6 Å². The van der Waals surface area contributed by atoms with Crippen LogP contribution in [-0.2, 0) is 0 Å². The smallest absolute Gasteiger partial charge is 0.254 e. The number of hydrogen-bond acceptors (Lipinski definition) is 5. The number of nitrogens with zero attached hydrogens (tertiary/aromatic N) is 1. The van der Waals surface area contributed by atoms with Crippen molar-refractivity contribution >= 4 is 23.1 Å². The van der Waals surface area contributed by atoms with Crippen LogP contribution in [0.4, 0.5) is 10.2 Å². The van der Waals surface area contributed by atoms with Gasteiger partial charge in [-0.3, -0.25) is 4.79 Å². The summed E-state index contributed by atoms with van der Waals surface area (Å²) >= 11 is 1.56. The SMILES string of the molecule is CC(C)C(NC(=O)c1ccnc(NN)c1F)c1cccs1. The lowest BCUT2D eigenvalue weighted by Gasteiger charge is -2.21. The van der Waals surface area contributed by atoms with Gasteiger partial charge in [0.1, 0.15) is 0 Å². The van der Waals surface area contributed by atoms with Crippen LogP contribution in [0.3, 0.4) is 0 Å². The number of rotatable bonds is 5. The third kappa shape index (κ3) is 3.37. The van der Waals surface area contributed by atoms with Crippen molar-refractivity contribution in [1.82, 2.24) is 10.3 Å². The highest BCUT2D eigenvalue weighted by Gasteiger charge is 2.22. The molecular weight excluding hydrogens is 291 g/mol. The zero-order valence-corrected chi connectivity index (χ0v) is 12.6. The van der Waals surface area contributed by atoms with Crippen molar-refractivity contribution in [3.63, 3.8) is 0 Å². The summed E-state index contributed by atoms with van der Waals surface area (Å²) in [5.41, 5.74) is 2.05. The van der Waals surface area contributed by atoms with Crippen LogP contribution in [0.15, 0.2) is 29.8 Å². The van der Waals surface area contributed by atoms with Gasteiger partial charge >= 0.3 is 0 Å². The van der Waals surface area contributed by atoms with E-state index in [2.05, 4.69) is 15.7 Å². The third-order valence-electron chi connectivity index (χ3n) is 3.07. The maximum absolute atomic E-state index is 14.1. The van der Waals surface area contributed by atoms with Crippen LogP contribution in [0.2, 0.25) is 0 Å². The summed E-state index contributed by atoms with van der Waals surface area (Å²) in [6.45, 7) is 4.00. The molecule has 0 radical (unpaired) electrons. The zero-order chi connectivity index (χ0) is 15.4. The summed E-state index contributed by atoms with van der Waals surface area (Å²) in [6, 6.07) is 5.03. The molecule has 0 aliphatic carbocycles. The fourth-order valence-electron chi connectivity index (χ4n) is 1.97. The van der Waals surface area contributed by atoms with Crippen LogP contribution >= 0.6 is 11.3 Å². The molecule has 1 unspecified atom stereocenters. The largest absolute Gasteiger partial charge is 0.344 e. The summed E-state index contributed by atoms with van der Waals surface area (Å²) in [7, 11) is 0. The molecule has 2 heterocycles. The lowest BCUT2D eigenvalue weighted by molar-refractivity contribution is 0.0922. The first kappa shape index (κ1) is 15.4. The number of hydrazine groups is 1. The molecule has 0 aliphatic rings. The molecule has 2 aromatic heterocycles. The Morgan fingerprint density at radius 1 is 1.43 bits per heavy atom. The quantitative estimate of drug-likeness (QED) is 0.586. The van der Waals surface area contributed by atoms with Crippen molar-refractivity contribution < 1.29 is 9.18 Å². The van der Waals surface area contributed by atoms with Crippen molar-refractivity contribution in [3.8, 4) is 0 Å². The minimum atomic E-state index is -0.758. The van der Waals surface area contributed by atoms with E-state index in [1.165, 1.54) is 12.3 Å². The van der Waals surface area contributed by atoms with E-state index < -0.39 is 11.7 Å². The van der Waals surface area contributed by atoms with E-state index in [9.17, 15) is 9.18 Å². The van der Waals surface area contributed by atoms with Gasteiger partial charge in [0.25, 0.3) is 5.91 Å². The van der Waals surface area contributed by atoms with Gasteiger partial charge < -0.3 is 10.7 Å². The van der Waals surface area contributed by atoms with Crippen LogP contribution in [0.1, 0.15) is 35.1 Å². The number of halogens is 1. The van der Waals surface area contributed by atoms with Gasteiger partial charge in [-0.15, -0.1) is 11.3 Å². The molecule has 0 saturated carbocycles. The molecular formula is C14H17FN4OS. The summed E-state index contributed by atoms with van der Waals surface area (Å²) < 4.78 is 14.1. The van der Waals surface area contributed by atoms with Gasteiger partial charge in [-0.25, -0.2) is 15.2 Å². The van der Waals surface area contributed by atoms with Crippen LogP contribution in [0.5, 0.6) is 0 Å². The van der Waals surface area contributed by atoms with Crippen LogP contribution < -0.4 is 16.6 Å². The van der Waals surface area contributed by atoms with Gasteiger partial charge in [-0.1, -0.05) is 19.9 Å². The Balaban J connectivity index is 2.24.